The Morgan fingerprint density at radius 1 is 0.895 bits per heavy atom. The van der Waals surface area contributed by atoms with E-state index in [4.69, 9.17) is 14.2 Å². The van der Waals surface area contributed by atoms with Crippen LogP contribution < -0.4 is 0 Å². The van der Waals surface area contributed by atoms with Gasteiger partial charge in [0.1, 0.15) is 0 Å². The molecule has 0 aliphatic rings. The first kappa shape index (κ1) is 19.1. The summed E-state index contributed by atoms with van der Waals surface area (Å²) in [6.45, 7) is 8.76. The molecule has 0 rings (SSSR count). The van der Waals surface area contributed by atoms with Crippen LogP contribution in [0.5, 0.6) is 0 Å². The van der Waals surface area contributed by atoms with Crippen LogP contribution in [0.25, 0.3) is 0 Å². The van der Waals surface area contributed by atoms with Crippen molar-refractivity contribution in [1.82, 2.24) is 0 Å². The van der Waals surface area contributed by atoms with E-state index in [2.05, 4.69) is 20.8 Å². The Hall–Kier alpha value is 0.0987. The van der Waals surface area contributed by atoms with E-state index in [0.717, 1.165) is 51.9 Å². The summed E-state index contributed by atoms with van der Waals surface area (Å²) in [7, 11) is 0. The minimum atomic E-state index is 0.136. The van der Waals surface area contributed by atoms with Crippen LogP contribution >= 0.6 is 0 Å². The van der Waals surface area contributed by atoms with E-state index in [1.54, 1.807) is 0 Å². The molecule has 0 N–H and O–H groups in total. The first-order chi connectivity index (χ1) is 9.24. The molecular formula is C15H29O3Sn. The molecule has 0 aromatic heterocycles. The summed E-state index contributed by atoms with van der Waals surface area (Å²) < 4.78 is 17.2. The third kappa shape index (κ3) is 12.9. The third-order valence-corrected chi connectivity index (χ3v) is 3.52. The second-order valence-electron chi connectivity index (χ2n) is 4.53. The zero-order valence-electron chi connectivity index (χ0n) is 12.7. The molecular weight excluding hydrogens is 347 g/mol. The summed E-state index contributed by atoms with van der Waals surface area (Å²) >= 11 is 1.34. The van der Waals surface area contributed by atoms with Crippen molar-refractivity contribution in [3.63, 3.8) is 0 Å². The predicted octanol–water partition coefficient (Wildman–Crippen LogP) is 3.77. The summed E-state index contributed by atoms with van der Waals surface area (Å²) in [4.78, 5) is 0. The molecule has 0 aliphatic carbocycles. The van der Waals surface area contributed by atoms with E-state index in [0.29, 0.717) is 5.95 Å². The average molecular weight is 376 g/mol. The number of hydrogen-bond acceptors (Lipinski definition) is 3. The molecule has 0 fully saturated rings. The van der Waals surface area contributed by atoms with E-state index < -0.39 is 0 Å². The maximum absolute atomic E-state index is 5.73. The second kappa shape index (κ2) is 14.5. The Balaban J connectivity index is 4.09. The Labute approximate surface area is 132 Å². The van der Waals surface area contributed by atoms with Gasteiger partial charge >= 0.3 is 132 Å². The van der Waals surface area contributed by atoms with Crippen LogP contribution in [0.2, 0.25) is 0 Å². The zero-order chi connectivity index (χ0) is 14.3. The Kier molecular flexibility index (Phi) is 14.6. The summed E-state index contributed by atoms with van der Waals surface area (Å²) in [6, 6.07) is 0. The number of rotatable bonds is 13. The van der Waals surface area contributed by atoms with Crippen LogP contribution in [-0.4, -0.2) is 46.5 Å². The fraction of sp³-hybridized carbons (Fsp3) is 0.867. The maximum atomic E-state index is 5.73. The summed E-state index contributed by atoms with van der Waals surface area (Å²) in [5, 5.41) is 0. The normalized spacial score (nSPS) is 12.0. The van der Waals surface area contributed by atoms with Crippen LogP contribution in [0.1, 0.15) is 59.3 Å². The monoisotopic (exact) mass is 377 g/mol. The van der Waals surface area contributed by atoms with Gasteiger partial charge in [-0.15, -0.1) is 0 Å². The molecule has 0 spiro atoms. The van der Waals surface area contributed by atoms with Crippen molar-refractivity contribution in [2.45, 2.75) is 63.4 Å². The number of unbranched alkanes of at least 4 members (excludes halogenated alkanes) is 3. The fourth-order valence-electron chi connectivity index (χ4n) is 1.30. The van der Waals surface area contributed by atoms with Crippen LogP contribution in [0.4, 0.5) is 0 Å². The van der Waals surface area contributed by atoms with Crippen molar-refractivity contribution in [2.75, 3.05) is 19.8 Å². The number of hydrogen-bond donors (Lipinski definition) is 0. The van der Waals surface area contributed by atoms with Gasteiger partial charge in [0.05, 0.1) is 0 Å². The quantitative estimate of drug-likeness (QED) is 0.278. The molecule has 3 radical (unpaired) electrons. The second-order valence-corrected chi connectivity index (χ2v) is 6.16. The predicted molar refractivity (Wildman–Crippen MR) is 80.2 cm³/mol. The molecule has 1 atom stereocenters. The van der Waals surface area contributed by atoms with E-state index in [1.165, 1.54) is 28.9 Å². The van der Waals surface area contributed by atoms with Gasteiger partial charge in [-0.1, -0.05) is 0 Å². The van der Waals surface area contributed by atoms with Crippen LogP contribution in [0.15, 0.2) is 12.0 Å². The van der Waals surface area contributed by atoms with Gasteiger partial charge in [0.25, 0.3) is 0 Å². The zero-order valence-corrected chi connectivity index (χ0v) is 15.6. The van der Waals surface area contributed by atoms with Crippen molar-refractivity contribution in [2.24, 2.45) is 0 Å². The molecule has 0 amide bonds. The number of ether oxygens (including phenoxy) is 3. The van der Waals surface area contributed by atoms with E-state index in [1.807, 2.05) is 6.08 Å². The van der Waals surface area contributed by atoms with Gasteiger partial charge in [0.15, 0.2) is 0 Å². The molecule has 0 aromatic carbocycles. The van der Waals surface area contributed by atoms with E-state index >= 15 is 0 Å². The standard InChI is InChI=1S/C15H29O3.Sn/c1-4-7-11-16-14-10-15(17-12-8-5-2)18-13-9-6-3;/h10,14H,4-9,11-13H2,1-3H3;. The average Bonchev–Trinajstić information content (AvgIpc) is 2.39. The van der Waals surface area contributed by atoms with Gasteiger partial charge in [-0.05, 0) is 0 Å². The van der Waals surface area contributed by atoms with Crippen LogP contribution in [-0.2, 0) is 14.2 Å². The minimum absolute atomic E-state index is 0.136. The third-order valence-electron chi connectivity index (χ3n) is 2.57. The molecule has 1 unspecified atom stereocenters. The molecule has 0 aliphatic heterocycles. The Morgan fingerprint density at radius 3 is 1.84 bits per heavy atom. The molecule has 0 heterocycles. The van der Waals surface area contributed by atoms with Gasteiger partial charge in [0, 0.05) is 0 Å². The Bertz CT molecular complexity index is 207. The van der Waals surface area contributed by atoms with Gasteiger partial charge < -0.3 is 0 Å². The Morgan fingerprint density at radius 2 is 1.37 bits per heavy atom. The van der Waals surface area contributed by atoms with Crippen molar-refractivity contribution in [1.29, 1.82) is 0 Å². The molecule has 4 heteroatoms. The summed E-state index contributed by atoms with van der Waals surface area (Å²) in [6.07, 6.45) is 8.66. The summed E-state index contributed by atoms with van der Waals surface area (Å²) in [5.74, 6) is 0.653. The van der Waals surface area contributed by atoms with Crippen LogP contribution in [0, 0.1) is 0 Å². The topological polar surface area (TPSA) is 27.7 Å². The molecule has 0 bridgehead atoms. The van der Waals surface area contributed by atoms with Gasteiger partial charge in [-0.3, -0.25) is 0 Å². The molecule has 0 saturated heterocycles. The summed E-state index contributed by atoms with van der Waals surface area (Å²) in [5.41, 5.74) is 0. The van der Waals surface area contributed by atoms with Gasteiger partial charge in [-0.25, -0.2) is 0 Å². The molecule has 0 saturated carbocycles. The first-order valence-electron chi connectivity index (χ1n) is 7.54. The molecule has 111 valence electrons. The fourth-order valence-corrected chi connectivity index (χ4v) is 2.02. The van der Waals surface area contributed by atoms with Crippen molar-refractivity contribution in [3.8, 4) is 0 Å². The van der Waals surface area contributed by atoms with Crippen molar-refractivity contribution in [3.05, 3.63) is 12.0 Å². The van der Waals surface area contributed by atoms with Gasteiger partial charge in [0.2, 0.25) is 0 Å². The van der Waals surface area contributed by atoms with Crippen LogP contribution in [0.3, 0.4) is 0 Å². The van der Waals surface area contributed by atoms with Crippen molar-refractivity contribution >= 4 is 22.5 Å². The first-order valence-corrected chi connectivity index (χ1v) is 9.19. The van der Waals surface area contributed by atoms with Crippen molar-refractivity contribution < 1.29 is 14.2 Å². The van der Waals surface area contributed by atoms with Gasteiger partial charge in [-0.2, -0.15) is 0 Å². The molecule has 19 heavy (non-hydrogen) atoms. The molecule has 0 aromatic rings. The van der Waals surface area contributed by atoms with E-state index in [9.17, 15) is 0 Å². The molecule has 3 nitrogen and oxygen atoms in total. The van der Waals surface area contributed by atoms with E-state index in [-0.39, 0.29) is 4.12 Å². The SMILES string of the molecule is CCCCOC(=C[CH]([Sn])OCCCC)OCCCC.